The first-order valence-electron chi connectivity index (χ1n) is 8.25. The van der Waals surface area contributed by atoms with Gasteiger partial charge in [0.2, 0.25) is 11.8 Å². The smallest absolute Gasteiger partial charge is 0.234 e. The highest BCUT2D eigenvalue weighted by molar-refractivity contribution is 5.99. The number of hydrogen-bond donors (Lipinski definition) is 2. The molecule has 1 aliphatic carbocycles. The maximum absolute atomic E-state index is 12.7. The molecule has 3 rings (SSSR count). The predicted molar refractivity (Wildman–Crippen MR) is 95.9 cm³/mol. The molecule has 0 saturated heterocycles. The summed E-state index contributed by atoms with van der Waals surface area (Å²) < 4.78 is 0. The molecule has 4 heteroatoms. The van der Waals surface area contributed by atoms with Gasteiger partial charge in [0, 0.05) is 17.3 Å². The molecule has 0 heterocycles. The number of carbonyl (C=O) groups is 2. The topological polar surface area (TPSA) is 58.2 Å². The van der Waals surface area contributed by atoms with Crippen molar-refractivity contribution in [2.24, 2.45) is 5.92 Å². The second-order valence-corrected chi connectivity index (χ2v) is 6.79. The van der Waals surface area contributed by atoms with Gasteiger partial charge in [0.15, 0.2) is 0 Å². The number of carbonyl (C=O) groups excluding carboxylic acids is 2. The maximum atomic E-state index is 12.7. The first kappa shape index (κ1) is 16.2. The summed E-state index contributed by atoms with van der Waals surface area (Å²) in [5, 5.41) is 5.85. The van der Waals surface area contributed by atoms with Gasteiger partial charge in [-0.25, -0.2) is 0 Å². The molecule has 24 heavy (non-hydrogen) atoms. The molecule has 2 amide bonds. The molecule has 1 saturated carbocycles. The van der Waals surface area contributed by atoms with E-state index in [4.69, 9.17) is 0 Å². The minimum absolute atomic E-state index is 0.0584. The van der Waals surface area contributed by atoms with Crippen LogP contribution < -0.4 is 10.6 Å². The van der Waals surface area contributed by atoms with Gasteiger partial charge in [0.05, 0.1) is 5.41 Å². The van der Waals surface area contributed by atoms with Crippen LogP contribution in [0.4, 0.5) is 11.4 Å². The molecule has 1 aliphatic rings. The summed E-state index contributed by atoms with van der Waals surface area (Å²) in [5.74, 6) is 0.128. The van der Waals surface area contributed by atoms with E-state index in [0.717, 1.165) is 18.4 Å². The average Bonchev–Trinajstić information content (AvgIpc) is 3.41. The van der Waals surface area contributed by atoms with Crippen molar-refractivity contribution in [3.8, 4) is 0 Å². The molecule has 124 valence electrons. The van der Waals surface area contributed by atoms with Gasteiger partial charge in [-0.2, -0.15) is 0 Å². The van der Waals surface area contributed by atoms with E-state index in [-0.39, 0.29) is 17.7 Å². The highest BCUT2D eigenvalue weighted by Gasteiger charge is 2.30. The lowest BCUT2D eigenvalue weighted by atomic mass is 9.83. The monoisotopic (exact) mass is 322 g/mol. The van der Waals surface area contributed by atoms with E-state index in [1.165, 1.54) is 0 Å². The van der Waals surface area contributed by atoms with Crippen molar-refractivity contribution in [3.63, 3.8) is 0 Å². The molecule has 0 aromatic heterocycles. The van der Waals surface area contributed by atoms with Gasteiger partial charge < -0.3 is 10.6 Å². The maximum Gasteiger partial charge on any atom is 0.234 e. The van der Waals surface area contributed by atoms with Crippen molar-refractivity contribution >= 4 is 23.2 Å². The van der Waals surface area contributed by atoms with Crippen LogP contribution in [0, 0.1) is 5.92 Å². The highest BCUT2D eigenvalue weighted by atomic mass is 16.2. The van der Waals surface area contributed by atoms with Crippen LogP contribution in [0.25, 0.3) is 0 Å². The number of nitrogens with one attached hydrogen (secondary N) is 2. The molecule has 2 N–H and O–H groups in total. The molecule has 0 atom stereocenters. The molecule has 0 spiro atoms. The second-order valence-electron chi connectivity index (χ2n) is 6.79. The normalized spacial score (nSPS) is 14.1. The minimum atomic E-state index is -0.644. The molecule has 0 aliphatic heterocycles. The first-order chi connectivity index (χ1) is 11.5. The SMILES string of the molecule is CC(C)(C(=O)Nc1cccc(NC(=O)C2CC2)c1)c1ccccc1. The summed E-state index contributed by atoms with van der Waals surface area (Å²) in [6.45, 7) is 3.80. The van der Waals surface area contributed by atoms with Gasteiger partial charge >= 0.3 is 0 Å². The minimum Gasteiger partial charge on any atom is -0.326 e. The first-order valence-corrected chi connectivity index (χ1v) is 8.25. The van der Waals surface area contributed by atoms with Crippen LogP contribution in [0.5, 0.6) is 0 Å². The van der Waals surface area contributed by atoms with Crippen LogP contribution in [0.3, 0.4) is 0 Å². The van der Waals surface area contributed by atoms with Crippen LogP contribution in [0.15, 0.2) is 54.6 Å². The fourth-order valence-electron chi connectivity index (χ4n) is 2.54. The molecule has 2 aromatic carbocycles. The lowest BCUT2D eigenvalue weighted by Gasteiger charge is -2.24. The zero-order valence-corrected chi connectivity index (χ0v) is 14.0. The third-order valence-corrected chi connectivity index (χ3v) is 4.40. The summed E-state index contributed by atoms with van der Waals surface area (Å²) in [5.41, 5.74) is 1.70. The molecule has 0 radical (unpaired) electrons. The Morgan fingerprint density at radius 3 is 2.17 bits per heavy atom. The van der Waals surface area contributed by atoms with Gasteiger partial charge in [0.1, 0.15) is 0 Å². The van der Waals surface area contributed by atoms with E-state index in [1.54, 1.807) is 6.07 Å². The Balaban J connectivity index is 1.71. The van der Waals surface area contributed by atoms with E-state index >= 15 is 0 Å². The van der Waals surface area contributed by atoms with Crippen molar-refractivity contribution in [3.05, 3.63) is 60.2 Å². The summed E-state index contributed by atoms with van der Waals surface area (Å²) in [6.07, 6.45) is 1.93. The molecule has 4 nitrogen and oxygen atoms in total. The largest absolute Gasteiger partial charge is 0.326 e. The predicted octanol–water partition coefficient (Wildman–Crippen LogP) is 3.95. The van der Waals surface area contributed by atoms with Crippen LogP contribution in [-0.2, 0) is 15.0 Å². The van der Waals surface area contributed by atoms with Crippen LogP contribution in [0.1, 0.15) is 32.3 Å². The van der Waals surface area contributed by atoms with Gasteiger partial charge in [0.25, 0.3) is 0 Å². The summed E-state index contributed by atoms with van der Waals surface area (Å²) in [7, 11) is 0. The third kappa shape index (κ3) is 3.65. The van der Waals surface area contributed by atoms with Crippen LogP contribution in [0.2, 0.25) is 0 Å². The lowest BCUT2D eigenvalue weighted by Crippen LogP contribution is -2.34. The molecule has 0 unspecified atom stereocenters. The summed E-state index contributed by atoms with van der Waals surface area (Å²) in [6, 6.07) is 17.0. The zero-order chi connectivity index (χ0) is 17.2. The number of rotatable bonds is 5. The summed E-state index contributed by atoms with van der Waals surface area (Å²) >= 11 is 0. The van der Waals surface area contributed by atoms with Crippen molar-refractivity contribution in [1.29, 1.82) is 0 Å². The Hall–Kier alpha value is -2.62. The van der Waals surface area contributed by atoms with Gasteiger partial charge in [-0.15, -0.1) is 0 Å². The quantitative estimate of drug-likeness (QED) is 0.875. The van der Waals surface area contributed by atoms with Gasteiger partial charge in [-0.3, -0.25) is 9.59 Å². The molecule has 0 bridgehead atoms. The van der Waals surface area contributed by atoms with Crippen molar-refractivity contribution in [2.45, 2.75) is 32.1 Å². The number of benzene rings is 2. The third-order valence-electron chi connectivity index (χ3n) is 4.40. The molecule has 1 fully saturated rings. The fourth-order valence-corrected chi connectivity index (χ4v) is 2.54. The molecular weight excluding hydrogens is 300 g/mol. The van der Waals surface area contributed by atoms with E-state index in [9.17, 15) is 9.59 Å². The molecular formula is C20H22N2O2. The number of hydrogen-bond acceptors (Lipinski definition) is 2. The standard InChI is InChI=1S/C20H22N2O2/c1-20(2,15-7-4-3-5-8-15)19(24)22-17-10-6-9-16(13-17)21-18(23)14-11-12-14/h3-10,13-14H,11-12H2,1-2H3,(H,21,23)(H,22,24). The van der Waals surface area contributed by atoms with E-state index in [2.05, 4.69) is 10.6 Å². The number of anilines is 2. The van der Waals surface area contributed by atoms with Gasteiger partial charge in [-0.05, 0) is 50.5 Å². The van der Waals surface area contributed by atoms with E-state index in [0.29, 0.717) is 11.4 Å². The Morgan fingerprint density at radius 1 is 0.917 bits per heavy atom. The Kier molecular flexibility index (Phi) is 4.38. The van der Waals surface area contributed by atoms with Crippen LogP contribution >= 0.6 is 0 Å². The van der Waals surface area contributed by atoms with Crippen molar-refractivity contribution in [1.82, 2.24) is 0 Å². The Bertz CT molecular complexity index is 749. The lowest BCUT2D eigenvalue weighted by molar-refractivity contribution is -0.120. The van der Waals surface area contributed by atoms with E-state index < -0.39 is 5.41 Å². The zero-order valence-electron chi connectivity index (χ0n) is 14.0. The van der Waals surface area contributed by atoms with Crippen LogP contribution in [-0.4, -0.2) is 11.8 Å². The Morgan fingerprint density at radius 2 is 1.54 bits per heavy atom. The van der Waals surface area contributed by atoms with E-state index in [1.807, 2.05) is 62.4 Å². The van der Waals surface area contributed by atoms with Crippen molar-refractivity contribution in [2.75, 3.05) is 10.6 Å². The fraction of sp³-hybridized carbons (Fsp3) is 0.300. The number of amides is 2. The molecule has 2 aromatic rings. The van der Waals surface area contributed by atoms with Gasteiger partial charge in [-0.1, -0.05) is 36.4 Å². The van der Waals surface area contributed by atoms with Crippen molar-refractivity contribution < 1.29 is 9.59 Å². The second kappa shape index (κ2) is 6.48. The summed E-state index contributed by atoms with van der Waals surface area (Å²) in [4.78, 5) is 24.5. The average molecular weight is 322 g/mol. The Labute approximate surface area is 142 Å². The highest BCUT2D eigenvalue weighted by Crippen LogP contribution is 2.30.